The lowest BCUT2D eigenvalue weighted by Crippen LogP contribution is -2.15. The number of benzene rings is 6. The van der Waals surface area contributed by atoms with Crippen molar-refractivity contribution in [1.82, 2.24) is 8.97 Å². The van der Waals surface area contributed by atoms with Crippen LogP contribution in [0.5, 0.6) is 11.5 Å². The van der Waals surface area contributed by atoms with Gasteiger partial charge in [-0.1, -0.05) is 97.1 Å². The van der Waals surface area contributed by atoms with Gasteiger partial charge in [0, 0.05) is 32.9 Å². The summed E-state index contributed by atoms with van der Waals surface area (Å²) in [7, 11) is 0. The number of fused-ring (bicyclic) bond motifs is 10. The molecule has 0 bridgehead atoms. The van der Waals surface area contributed by atoms with E-state index in [1.54, 1.807) is 0 Å². The van der Waals surface area contributed by atoms with Crippen molar-refractivity contribution >= 4 is 66.2 Å². The lowest BCUT2D eigenvalue weighted by Gasteiger charge is -2.32. The van der Waals surface area contributed by atoms with Gasteiger partial charge >= 0.3 is 0 Å². The number of rotatable bonds is 3. The van der Waals surface area contributed by atoms with E-state index in [2.05, 4.69) is 178 Å². The molecule has 4 nitrogen and oxygen atoms in total. The average Bonchev–Trinajstić information content (AvgIpc) is 3.79. The van der Waals surface area contributed by atoms with Crippen molar-refractivity contribution < 1.29 is 4.74 Å². The molecule has 6 aromatic carbocycles. The molecule has 0 N–H and O–H groups in total. The van der Waals surface area contributed by atoms with Crippen molar-refractivity contribution in [2.45, 2.75) is 0 Å². The van der Waals surface area contributed by atoms with Crippen LogP contribution >= 0.6 is 0 Å². The van der Waals surface area contributed by atoms with Crippen molar-refractivity contribution in [3.8, 4) is 28.3 Å². The summed E-state index contributed by atoms with van der Waals surface area (Å²) in [6, 6.07) is 58.6. The molecule has 4 aromatic heterocycles. The van der Waals surface area contributed by atoms with Gasteiger partial charge in [0.05, 0.1) is 33.3 Å². The molecular weight excluding hydrogens is 587 g/mol. The summed E-state index contributed by atoms with van der Waals surface area (Å²) in [5.41, 5.74) is 12.5. The van der Waals surface area contributed by atoms with E-state index in [0.29, 0.717) is 0 Å². The highest BCUT2D eigenvalue weighted by atomic mass is 16.5. The molecule has 5 heterocycles. The van der Waals surface area contributed by atoms with Gasteiger partial charge in [-0.3, -0.25) is 0 Å². The third kappa shape index (κ3) is 3.38. The van der Waals surface area contributed by atoms with Crippen LogP contribution in [0.25, 0.3) is 65.9 Å². The molecule has 0 unspecified atom stereocenters. The Hall–Kier alpha value is -6.52. The van der Waals surface area contributed by atoms with E-state index in [9.17, 15) is 0 Å². The number of aromatic nitrogens is 2. The van der Waals surface area contributed by atoms with E-state index in [1.807, 2.05) is 0 Å². The third-order valence-corrected chi connectivity index (χ3v) is 10.0. The van der Waals surface area contributed by atoms with Crippen LogP contribution in [0.2, 0.25) is 0 Å². The molecule has 0 saturated heterocycles. The Kier molecular flexibility index (Phi) is 5.08. The molecule has 1 aliphatic heterocycles. The van der Waals surface area contributed by atoms with Crippen LogP contribution in [0.1, 0.15) is 0 Å². The first-order valence-electron chi connectivity index (χ1n) is 16.4. The minimum Gasteiger partial charge on any atom is -0.451 e. The van der Waals surface area contributed by atoms with E-state index in [4.69, 9.17) is 4.74 Å². The fourth-order valence-electron chi connectivity index (χ4n) is 7.99. The van der Waals surface area contributed by atoms with Gasteiger partial charge in [0.2, 0.25) is 0 Å². The zero-order valence-corrected chi connectivity index (χ0v) is 25.8. The molecule has 0 aliphatic carbocycles. The van der Waals surface area contributed by atoms with Gasteiger partial charge in [-0.15, -0.1) is 0 Å². The first-order valence-corrected chi connectivity index (χ1v) is 16.4. The standard InChI is InChI=1S/C44H27N3O/c1-3-12-30(13-4-1)45-36-19-10-9-17-33(36)35-26-28(22-24-38(35)45)29-23-25-41-40(27-29)46(31-14-5-2-6-15-31)43-39-21-11-20-37-32-16-7-8-18-34(32)42(47(37)39)44(43)48-41/h1-27H. The molecule has 0 amide bonds. The average molecular weight is 614 g/mol. The summed E-state index contributed by atoms with van der Waals surface area (Å²) in [5.74, 6) is 1.74. The molecule has 0 radical (unpaired) electrons. The molecule has 0 saturated carbocycles. The second-order valence-corrected chi connectivity index (χ2v) is 12.6. The predicted molar refractivity (Wildman–Crippen MR) is 198 cm³/mol. The van der Waals surface area contributed by atoms with E-state index < -0.39 is 0 Å². The van der Waals surface area contributed by atoms with Gasteiger partial charge in [0.15, 0.2) is 11.5 Å². The van der Waals surface area contributed by atoms with Crippen LogP contribution in [0, 0.1) is 0 Å². The number of anilines is 3. The van der Waals surface area contributed by atoms with Crippen LogP contribution in [-0.2, 0) is 0 Å². The quantitative estimate of drug-likeness (QED) is 0.198. The fourth-order valence-corrected chi connectivity index (χ4v) is 7.99. The van der Waals surface area contributed by atoms with Gasteiger partial charge in [0.25, 0.3) is 0 Å². The molecule has 0 fully saturated rings. The van der Waals surface area contributed by atoms with Gasteiger partial charge in [0.1, 0.15) is 5.69 Å². The Morgan fingerprint density at radius 2 is 1.02 bits per heavy atom. The maximum atomic E-state index is 6.93. The monoisotopic (exact) mass is 613 g/mol. The zero-order valence-electron chi connectivity index (χ0n) is 25.8. The molecule has 10 aromatic rings. The maximum Gasteiger partial charge on any atom is 0.178 e. The molecular formula is C44H27N3O. The normalized spacial score (nSPS) is 12.7. The third-order valence-electron chi connectivity index (χ3n) is 10.0. The van der Waals surface area contributed by atoms with Gasteiger partial charge in [-0.25, -0.2) is 0 Å². The SMILES string of the molecule is c1ccc(N2c3cc(-c4ccc5c(c4)c4ccccc4n5-c4ccccc4)ccc3Oc3c2c2cccc4c5ccccc5c3n24)cc1. The number of ether oxygens (including phenoxy) is 1. The molecule has 11 rings (SSSR count). The second-order valence-electron chi connectivity index (χ2n) is 12.6. The van der Waals surface area contributed by atoms with Gasteiger partial charge in [-0.2, -0.15) is 0 Å². The minimum absolute atomic E-state index is 0.843. The van der Waals surface area contributed by atoms with Crippen LogP contribution < -0.4 is 9.64 Å². The lowest BCUT2D eigenvalue weighted by molar-refractivity contribution is 0.484. The number of para-hydroxylation sites is 3. The first-order chi connectivity index (χ1) is 23.8. The summed E-state index contributed by atoms with van der Waals surface area (Å²) >= 11 is 0. The largest absolute Gasteiger partial charge is 0.451 e. The zero-order chi connectivity index (χ0) is 31.3. The molecule has 0 spiro atoms. The molecule has 4 heteroatoms. The predicted octanol–water partition coefficient (Wildman–Crippen LogP) is 12.0. The minimum atomic E-state index is 0.843. The summed E-state index contributed by atoms with van der Waals surface area (Å²) in [6.07, 6.45) is 0. The summed E-state index contributed by atoms with van der Waals surface area (Å²) in [4.78, 5) is 2.38. The highest BCUT2D eigenvalue weighted by molar-refractivity contribution is 6.17. The maximum absolute atomic E-state index is 6.93. The van der Waals surface area contributed by atoms with Crippen molar-refractivity contribution in [2.24, 2.45) is 0 Å². The van der Waals surface area contributed by atoms with Crippen molar-refractivity contribution in [3.63, 3.8) is 0 Å². The highest BCUT2D eigenvalue weighted by Gasteiger charge is 2.34. The Morgan fingerprint density at radius 1 is 0.417 bits per heavy atom. The smallest absolute Gasteiger partial charge is 0.178 e. The molecule has 1 aliphatic rings. The molecule has 48 heavy (non-hydrogen) atoms. The van der Waals surface area contributed by atoms with Crippen molar-refractivity contribution in [3.05, 3.63) is 164 Å². The lowest BCUT2D eigenvalue weighted by atomic mass is 10.0. The molecule has 224 valence electrons. The van der Waals surface area contributed by atoms with E-state index >= 15 is 0 Å². The van der Waals surface area contributed by atoms with Crippen LogP contribution in [0.15, 0.2) is 164 Å². The molecule has 0 atom stereocenters. The van der Waals surface area contributed by atoms with E-state index in [-0.39, 0.29) is 0 Å². The number of hydrogen-bond donors (Lipinski definition) is 0. The van der Waals surface area contributed by atoms with Gasteiger partial charge in [-0.05, 0) is 77.9 Å². The Balaban J connectivity index is 1.14. The number of nitrogens with zero attached hydrogens (tertiary/aromatic N) is 3. The highest BCUT2D eigenvalue weighted by Crippen LogP contribution is 2.57. The topological polar surface area (TPSA) is 21.8 Å². The van der Waals surface area contributed by atoms with Crippen LogP contribution in [-0.4, -0.2) is 8.97 Å². The van der Waals surface area contributed by atoms with Crippen LogP contribution in [0.3, 0.4) is 0 Å². The second kappa shape index (κ2) is 9.50. The fraction of sp³-hybridized carbons (Fsp3) is 0. The van der Waals surface area contributed by atoms with Crippen molar-refractivity contribution in [1.29, 1.82) is 0 Å². The van der Waals surface area contributed by atoms with E-state index in [1.165, 1.54) is 43.7 Å². The Bertz CT molecular complexity index is 2860. The number of pyridine rings is 1. The summed E-state index contributed by atoms with van der Waals surface area (Å²) in [6.45, 7) is 0. The van der Waals surface area contributed by atoms with Crippen LogP contribution in [0.4, 0.5) is 17.1 Å². The van der Waals surface area contributed by atoms with Gasteiger partial charge < -0.3 is 18.6 Å². The number of hydrogen-bond acceptors (Lipinski definition) is 2. The van der Waals surface area contributed by atoms with E-state index in [0.717, 1.165) is 50.8 Å². The first kappa shape index (κ1) is 25.6. The summed E-state index contributed by atoms with van der Waals surface area (Å²) in [5, 5.41) is 4.92. The Labute approximate surface area is 276 Å². The van der Waals surface area contributed by atoms with Crippen molar-refractivity contribution in [2.75, 3.05) is 4.90 Å². The summed E-state index contributed by atoms with van der Waals surface area (Å²) < 4.78 is 11.7. The Morgan fingerprint density at radius 3 is 1.83 bits per heavy atom.